The third kappa shape index (κ3) is 14.1. The highest BCUT2D eigenvalue weighted by atomic mass is 16.8. The number of nitro groups is 1. The largest absolute Gasteiger partial charge is 0.511 e. The van der Waals surface area contributed by atoms with Gasteiger partial charge in [-0.3, -0.25) is 24.5 Å². The first-order valence-corrected chi connectivity index (χ1v) is 33.4. The van der Waals surface area contributed by atoms with E-state index in [-0.39, 0.29) is 49.0 Å². The maximum Gasteiger partial charge on any atom is 0.407 e. The van der Waals surface area contributed by atoms with E-state index >= 15 is 4.79 Å². The molecule has 4 aliphatic carbocycles. The van der Waals surface area contributed by atoms with Crippen molar-refractivity contribution in [3.63, 3.8) is 0 Å². The van der Waals surface area contributed by atoms with Crippen molar-refractivity contribution in [3.05, 3.63) is 56.9 Å². The molecule has 0 radical (unpaired) electrons. The van der Waals surface area contributed by atoms with Crippen LogP contribution in [0.3, 0.4) is 0 Å². The van der Waals surface area contributed by atoms with Crippen LogP contribution in [0.4, 0.5) is 4.79 Å². The third-order valence-electron chi connectivity index (χ3n) is 22.1. The molecule has 30 atom stereocenters. The SMILES string of the molecule is COC(=O)N[C@H]1[C@@H](C)O[C@@H](O[C@H]2CCC(C)[C@@H]3C=C[C@@H]4[C@@H](O[C@H]5C[C@@H](O[C@H]6CCC(O[C@H]7C[C@@H](O)C(O[C@H]8CC[C@@H](O)[C@H](C)O8)[C@H](C)O7)[C@H](C)O6)[C@@H](OC(C)=O)[C@H](C)O5)[C@@H](C)C[C@H](C)[C@H]4[C@]3(C)/C(O)=C3\C(=O)OC4(CC(C=O)=C[C@H](O)[C@H]4/C=C/2C)C3=O)C[C@]1(C)[N+](=O)[O-]. The molecule has 10 rings (SSSR count). The monoisotopic (exact) mass is 1310 g/mol. The topological polar surface area (TPSA) is 341 Å². The predicted octanol–water partition coefficient (Wildman–Crippen LogP) is 6.44. The summed E-state index contributed by atoms with van der Waals surface area (Å²) < 4.78 is 81.6. The van der Waals surface area contributed by atoms with Crippen molar-refractivity contribution >= 4 is 30.1 Å². The molecule has 26 nitrogen and oxygen atoms in total. The molecule has 0 aromatic carbocycles. The van der Waals surface area contributed by atoms with Gasteiger partial charge in [0.15, 0.2) is 43.2 Å². The van der Waals surface area contributed by atoms with Gasteiger partial charge in [-0.1, -0.05) is 45.9 Å². The van der Waals surface area contributed by atoms with Gasteiger partial charge in [0, 0.05) is 62.2 Å². The normalized spacial score (nSPS) is 48.5. The van der Waals surface area contributed by atoms with Crippen LogP contribution in [0.15, 0.2) is 46.8 Å². The fourth-order valence-electron chi connectivity index (χ4n) is 17.3. The fraction of sp³-hybridized carbons (Fsp3) is 0.806. The van der Waals surface area contributed by atoms with Crippen LogP contribution in [0.5, 0.6) is 0 Å². The number of ether oxygens (including phenoxy) is 13. The predicted molar refractivity (Wildman–Crippen MR) is 325 cm³/mol. The van der Waals surface area contributed by atoms with E-state index < -0.39 is 210 Å². The van der Waals surface area contributed by atoms with Crippen LogP contribution in [0, 0.1) is 57.0 Å². The molecule has 5 N–H and O–H groups in total. The van der Waals surface area contributed by atoms with Gasteiger partial charge >= 0.3 is 18.0 Å². The van der Waals surface area contributed by atoms with Crippen molar-refractivity contribution in [1.82, 2.24) is 5.32 Å². The maximum atomic E-state index is 15.6. The molecule has 1 amide bonds. The average molecular weight is 1320 g/mol. The first kappa shape index (κ1) is 71.0. The van der Waals surface area contributed by atoms with Crippen LogP contribution < -0.4 is 5.32 Å². The van der Waals surface area contributed by atoms with E-state index in [1.165, 1.54) is 19.9 Å². The highest BCUT2D eigenvalue weighted by Gasteiger charge is 2.65. The van der Waals surface area contributed by atoms with Crippen molar-refractivity contribution in [3.8, 4) is 0 Å². The van der Waals surface area contributed by atoms with Gasteiger partial charge < -0.3 is 87.3 Å². The van der Waals surface area contributed by atoms with E-state index in [9.17, 15) is 49.7 Å². The number of nitrogens with one attached hydrogen (secondary N) is 1. The van der Waals surface area contributed by atoms with E-state index in [2.05, 4.69) is 25.2 Å². The van der Waals surface area contributed by atoms with E-state index in [1.54, 1.807) is 33.8 Å². The molecule has 6 aliphatic heterocycles. The lowest BCUT2D eigenvalue weighted by molar-refractivity contribution is -0.584. The standard InChI is InChI=1S/C67H98N2O24/c1-30-14-18-47(88-54-28-65(11,69(79)80)60(38(9)86-54)68-64(78)81-13)31(2)23-43-45(73)24-40(29-70)27-67(43)62(76)55(63(77)93-67)61(75)66(12)42(30)16-15-41-56(66)32(3)22-33(4)57(41)92-53-26-49(59(37(8)85-53)87-39(10)71)90-50-21-19-48(35(6)83-50)89-52-25-46(74)58(36(7)84-52)91-51-20-17-44(72)34(5)82-51/h15-16,23-24,29-30,32-38,41-54,56-60,72-75H,14,17-22,25-28H2,1-13H3,(H,68,78)/b31-23+,61-55+/t30?,32-,33-,34-,35-,36-,37-,38+,41-,42-,43+,44+,45-,46+,47-,48?,49+,50-,51-,52-,53-,54-,56+,57-,58?,59-,60-,65-,66+,67?/m0/s1. The first-order chi connectivity index (χ1) is 43.9. The second kappa shape index (κ2) is 28.3. The highest BCUT2D eigenvalue weighted by molar-refractivity contribution is 6.26. The van der Waals surface area contributed by atoms with Gasteiger partial charge in [-0.15, -0.1) is 0 Å². The summed E-state index contributed by atoms with van der Waals surface area (Å²) in [6.07, 6.45) is -5.11. The van der Waals surface area contributed by atoms with Crippen LogP contribution in [0.2, 0.25) is 0 Å². The minimum absolute atomic E-state index is 0.00833. The Labute approximate surface area is 543 Å². The number of alkyl carbamates (subject to hydrolysis) is 1. The molecule has 6 heterocycles. The molecule has 2 bridgehead atoms. The molecule has 1 saturated carbocycles. The first-order valence-electron chi connectivity index (χ1n) is 33.4. The number of fused-ring (bicyclic) bond motifs is 4. The Bertz CT molecular complexity index is 2890. The second-order valence-electron chi connectivity index (χ2n) is 28.6. The number of esters is 2. The number of aldehydes is 1. The van der Waals surface area contributed by atoms with Gasteiger partial charge in [0.05, 0.1) is 86.6 Å². The molecular weight excluding hydrogens is 1220 g/mol. The number of hydrogen-bond donors (Lipinski definition) is 5. The van der Waals surface area contributed by atoms with E-state index in [0.29, 0.717) is 50.4 Å². The molecule has 1 spiro atoms. The average Bonchev–Trinajstić information content (AvgIpc) is 1.68. The number of nitrogens with zero attached hydrogens (tertiary/aromatic N) is 1. The Morgan fingerprint density at radius 1 is 0.688 bits per heavy atom. The summed E-state index contributed by atoms with van der Waals surface area (Å²) >= 11 is 0. The molecule has 4 unspecified atom stereocenters. The number of ketones is 1. The fourth-order valence-corrected chi connectivity index (χ4v) is 17.3. The van der Waals surface area contributed by atoms with Gasteiger partial charge in [0.2, 0.25) is 11.3 Å². The highest BCUT2D eigenvalue weighted by Crippen LogP contribution is 2.61. The lowest BCUT2D eigenvalue weighted by atomic mass is 9.48. The number of allylic oxidation sites excluding steroid dienone is 2. The van der Waals surface area contributed by atoms with E-state index in [4.69, 9.17) is 61.6 Å². The van der Waals surface area contributed by atoms with Gasteiger partial charge in [-0.05, 0) is 120 Å². The molecule has 7 fully saturated rings. The lowest BCUT2D eigenvalue weighted by Crippen LogP contribution is -2.65. The zero-order valence-corrected chi connectivity index (χ0v) is 55.7. The van der Waals surface area contributed by atoms with Crippen molar-refractivity contribution < 1.29 is 111 Å². The molecule has 0 aromatic rings. The van der Waals surface area contributed by atoms with Crippen molar-refractivity contribution in [2.45, 2.75) is 288 Å². The second-order valence-corrected chi connectivity index (χ2v) is 28.6. The van der Waals surface area contributed by atoms with Gasteiger partial charge in [-0.25, -0.2) is 9.59 Å². The summed E-state index contributed by atoms with van der Waals surface area (Å²) in [5.74, 6) is -6.43. The zero-order valence-electron chi connectivity index (χ0n) is 55.7. The number of Topliss-reactive ketones (excluding diaryl/α,β-unsaturated/α-hetero) is 1. The molecule has 10 aliphatic rings. The maximum absolute atomic E-state index is 15.6. The Morgan fingerprint density at radius 2 is 1.32 bits per heavy atom. The number of amides is 1. The summed E-state index contributed by atoms with van der Waals surface area (Å²) in [5.41, 5.74) is -5.44. The Balaban J connectivity index is 0.893. The number of methoxy groups -OCH3 is 1. The third-order valence-corrected chi connectivity index (χ3v) is 22.1. The number of aliphatic hydroxyl groups excluding tert-OH is 4. The molecular formula is C67H98N2O24. The summed E-state index contributed by atoms with van der Waals surface area (Å²) in [6, 6.07) is -1.11. The Kier molecular flexibility index (Phi) is 21.6. The number of carbonyl (C=O) groups is 5. The van der Waals surface area contributed by atoms with Gasteiger partial charge in [0.25, 0.3) is 0 Å². The van der Waals surface area contributed by atoms with E-state index in [1.807, 2.05) is 33.8 Å². The summed E-state index contributed by atoms with van der Waals surface area (Å²) in [5, 5.41) is 62.1. The summed E-state index contributed by atoms with van der Waals surface area (Å²) in [7, 11) is 1.15. The van der Waals surface area contributed by atoms with Crippen molar-refractivity contribution in [1.29, 1.82) is 0 Å². The minimum atomic E-state index is -2.18. The van der Waals surface area contributed by atoms with Crippen LogP contribution in [0.1, 0.15) is 154 Å². The van der Waals surface area contributed by atoms with Gasteiger partial charge in [0.1, 0.15) is 35.9 Å². The smallest absolute Gasteiger partial charge is 0.407 e. The molecule has 520 valence electrons. The van der Waals surface area contributed by atoms with Crippen LogP contribution in [0.25, 0.3) is 0 Å². The molecule has 6 saturated heterocycles. The van der Waals surface area contributed by atoms with Crippen molar-refractivity contribution in [2.24, 2.45) is 46.8 Å². The minimum Gasteiger partial charge on any atom is -0.511 e. The molecule has 0 aromatic heterocycles. The molecule has 93 heavy (non-hydrogen) atoms. The number of aliphatic hydroxyl groups is 4. The van der Waals surface area contributed by atoms with Crippen LogP contribution in [-0.2, 0) is 80.8 Å². The summed E-state index contributed by atoms with van der Waals surface area (Å²) in [4.78, 5) is 80.5. The Hall–Kier alpha value is -4.81. The van der Waals surface area contributed by atoms with Gasteiger partial charge in [-0.2, -0.15) is 0 Å². The number of hydrogen-bond acceptors (Lipinski definition) is 24. The van der Waals surface area contributed by atoms with Crippen LogP contribution in [-0.4, -0.2) is 197 Å². The van der Waals surface area contributed by atoms with Crippen LogP contribution >= 0.6 is 0 Å². The lowest BCUT2D eigenvalue weighted by Gasteiger charge is -2.57. The molecule has 26 heteroatoms. The number of carbonyl (C=O) groups excluding carboxylic acids is 5. The number of rotatable bonds is 14. The van der Waals surface area contributed by atoms with Crippen molar-refractivity contribution in [2.75, 3.05) is 7.11 Å². The Morgan fingerprint density at radius 3 is 1.98 bits per heavy atom. The quantitative estimate of drug-likeness (QED) is 0.0237. The van der Waals surface area contributed by atoms with E-state index in [0.717, 1.165) is 7.11 Å². The summed E-state index contributed by atoms with van der Waals surface area (Å²) in [6.45, 7) is 21.3. The zero-order chi connectivity index (χ0) is 67.5.